The van der Waals surface area contributed by atoms with E-state index < -0.39 is 31.6 Å². The van der Waals surface area contributed by atoms with Gasteiger partial charge in [-0.3, -0.25) is 0 Å². The Balaban J connectivity index is 2.08. The van der Waals surface area contributed by atoms with Crippen LogP contribution in [-0.2, 0) is 0 Å². The van der Waals surface area contributed by atoms with Gasteiger partial charge in [-0.05, 0) is 19.3 Å². The third-order valence-corrected chi connectivity index (χ3v) is 3.38. The van der Waals surface area contributed by atoms with Crippen LogP contribution in [0.5, 0.6) is 11.5 Å². The average molecular weight is 386 g/mol. The van der Waals surface area contributed by atoms with Crippen molar-refractivity contribution in [2.75, 3.05) is 18.5 Å². The number of benzene rings is 1. The Kier molecular flexibility index (Phi) is 6.09. The molecular weight excluding hydrogens is 370 g/mol. The van der Waals surface area contributed by atoms with E-state index in [4.69, 9.17) is 0 Å². The molecular formula is C15H16F6N2O3. The van der Waals surface area contributed by atoms with E-state index in [-0.39, 0.29) is 23.2 Å². The molecule has 11 heteroatoms. The standard InChI is InChI=1S/C15H16F6N2O3/c16-14(17,18)7-25-11-4-10(23-13(24)22-9-2-1-3-9)5-12(6-11)26-8-15(19,20)21/h4-6,9H,1-3,7-8H2,(H2,22,23,24). The van der Waals surface area contributed by atoms with E-state index in [1.807, 2.05) is 0 Å². The summed E-state index contributed by atoms with van der Waals surface area (Å²) in [6, 6.07) is 2.39. The number of hydrogen-bond donors (Lipinski definition) is 2. The summed E-state index contributed by atoms with van der Waals surface area (Å²) >= 11 is 0. The monoisotopic (exact) mass is 386 g/mol. The molecule has 1 aromatic carbocycles. The van der Waals surface area contributed by atoms with Crippen LogP contribution in [0.2, 0.25) is 0 Å². The Hall–Kier alpha value is -2.33. The Morgan fingerprint density at radius 2 is 1.46 bits per heavy atom. The van der Waals surface area contributed by atoms with E-state index in [2.05, 4.69) is 20.1 Å². The van der Waals surface area contributed by atoms with Gasteiger partial charge in [0.2, 0.25) is 0 Å². The number of hydrogen-bond acceptors (Lipinski definition) is 3. The first-order chi connectivity index (χ1) is 12.0. The summed E-state index contributed by atoms with van der Waals surface area (Å²) in [5.74, 6) is -0.776. The van der Waals surface area contributed by atoms with Gasteiger partial charge in [0.05, 0.1) is 0 Å². The zero-order chi connectivity index (χ0) is 19.4. The lowest BCUT2D eigenvalue weighted by Crippen LogP contribution is -2.41. The van der Waals surface area contributed by atoms with Gasteiger partial charge in [0.15, 0.2) is 13.2 Å². The lowest BCUT2D eigenvalue weighted by Gasteiger charge is -2.26. The first-order valence-corrected chi connectivity index (χ1v) is 7.62. The molecule has 0 saturated heterocycles. The third-order valence-electron chi connectivity index (χ3n) is 3.38. The van der Waals surface area contributed by atoms with E-state index in [0.717, 1.165) is 37.5 Å². The zero-order valence-electron chi connectivity index (χ0n) is 13.3. The first-order valence-electron chi connectivity index (χ1n) is 7.62. The van der Waals surface area contributed by atoms with Gasteiger partial charge >= 0.3 is 18.4 Å². The second kappa shape index (κ2) is 7.92. The van der Waals surface area contributed by atoms with Crippen molar-refractivity contribution in [1.29, 1.82) is 0 Å². The Morgan fingerprint density at radius 3 is 1.85 bits per heavy atom. The highest BCUT2D eigenvalue weighted by molar-refractivity contribution is 5.90. The van der Waals surface area contributed by atoms with Gasteiger partial charge in [0.1, 0.15) is 11.5 Å². The molecule has 0 unspecified atom stereocenters. The van der Waals surface area contributed by atoms with E-state index in [9.17, 15) is 31.1 Å². The fourth-order valence-electron chi connectivity index (χ4n) is 2.05. The van der Waals surface area contributed by atoms with Crippen LogP contribution >= 0.6 is 0 Å². The highest BCUT2D eigenvalue weighted by Gasteiger charge is 2.30. The molecule has 1 fully saturated rings. The van der Waals surface area contributed by atoms with Gasteiger partial charge in [-0.2, -0.15) is 26.3 Å². The lowest BCUT2D eigenvalue weighted by atomic mass is 9.93. The van der Waals surface area contributed by atoms with Crippen LogP contribution in [0.4, 0.5) is 36.8 Å². The first kappa shape index (κ1) is 20.0. The molecule has 0 heterocycles. The maximum Gasteiger partial charge on any atom is 0.422 e. The van der Waals surface area contributed by atoms with E-state index >= 15 is 0 Å². The van der Waals surface area contributed by atoms with Gasteiger partial charge in [-0.15, -0.1) is 0 Å². The molecule has 1 aromatic rings. The molecule has 26 heavy (non-hydrogen) atoms. The molecule has 1 aliphatic rings. The van der Waals surface area contributed by atoms with Crippen molar-refractivity contribution in [1.82, 2.24) is 5.32 Å². The van der Waals surface area contributed by atoms with Gasteiger partial charge in [-0.1, -0.05) is 0 Å². The fraction of sp³-hybridized carbons (Fsp3) is 0.533. The normalized spacial score (nSPS) is 15.2. The molecule has 0 spiro atoms. The third kappa shape index (κ3) is 7.28. The number of rotatable bonds is 6. The number of anilines is 1. The minimum atomic E-state index is -4.63. The summed E-state index contributed by atoms with van der Waals surface area (Å²) in [5, 5.41) is 4.97. The largest absolute Gasteiger partial charge is 0.484 e. The number of carbonyl (C=O) groups excluding carboxylic acids is 1. The number of halogens is 6. The Labute approximate surface area is 144 Å². The maximum atomic E-state index is 12.3. The minimum Gasteiger partial charge on any atom is -0.484 e. The molecule has 0 atom stereocenters. The summed E-state index contributed by atoms with van der Waals surface area (Å²) in [5.41, 5.74) is -0.0568. The fourth-order valence-corrected chi connectivity index (χ4v) is 2.05. The minimum absolute atomic E-state index is 0.000567. The van der Waals surface area contributed by atoms with Crippen molar-refractivity contribution in [3.05, 3.63) is 18.2 Å². The zero-order valence-corrected chi connectivity index (χ0v) is 13.3. The van der Waals surface area contributed by atoms with Crippen LogP contribution in [0.1, 0.15) is 19.3 Å². The van der Waals surface area contributed by atoms with Gasteiger partial charge < -0.3 is 20.1 Å². The van der Waals surface area contributed by atoms with Crippen LogP contribution in [0, 0.1) is 0 Å². The van der Waals surface area contributed by atoms with E-state index in [0.29, 0.717) is 0 Å². The highest BCUT2D eigenvalue weighted by atomic mass is 19.4. The second-order valence-electron chi connectivity index (χ2n) is 5.73. The van der Waals surface area contributed by atoms with Gasteiger partial charge in [-0.25, -0.2) is 4.79 Å². The summed E-state index contributed by atoms with van der Waals surface area (Å²) < 4.78 is 82.6. The van der Waals surface area contributed by atoms with Crippen molar-refractivity contribution in [2.45, 2.75) is 37.7 Å². The van der Waals surface area contributed by atoms with Crippen molar-refractivity contribution in [2.24, 2.45) is 0 Å². The van der Waals surface area contributed by atoms with Gasteiger partial charge in [0, 0.05) is 29.9 Å². The molecule has 5 nitrogen and oxygen atoms in total. The number of nitrogens with one attached hydrogen (secondary N) is 2. The van der Waals surface area contributed by atoms with Crippen molar-refractivity contribution < 1.29 is 40.6 Å². The van der Waals surface area contributed by atoms with Crippen LogP contribution in [0.3, 0.4) is 0 Å². The number of ether oxygens (including phenoxy) is 2. The predicted octanol–water partition coefficient (Wildman–Crippen LogP) is 4.24. The van der Waals surface area contributed by atoms with E-state index in [1.54, 1.807) is 0 Å². The summed E-state index contributed by atoms with van der Waals surface area (Å²) in [6.07, 6.45) is -6.67. The number of alkyl halides is 6. The molecule has 2 rings (SSSR count). The molecule has 0 aliphatic heterocycles. The van der Waals surface area contributed by atoms with E-state index in [1.165, 1.54) is 0 Å². The number of carbonyl (C=O) groups is 1. The Morgan fingerprint density at radius 1 is 0.962 bits per heavy atom. The molecule has 0 bridgehead atoms. The van der Waals surface area contributed by atoms with Crippen LogP contribution < -0.4 is 20.1 Å². The molecule has 146 valence electrons. The van der Waals surface area contributed by atoms with Gasteiger partial charge in [0.25, 0.3) is 0 Å². The van der Waals surface area contributed by atoms with Crippen molar-refractivity contribution in [3.63, 3.8) is 0 Å². The quantitative estimate of drug-likeness (QED) is 0.719. The molecule has 0 radical (unpaired) electrons. The lowest BCUT2D eigenvalue weighted by molar-refractivity contribution is -0.153. The average Bonchev–Trinajstić information content (AvgIpc) is 2.45. The summed E-state index contributed by atoms with van der Waals surface area (Å²) in [7, 11) is 0. The molecule has 1 aliphatic carbocycles. The predicted molar refractivity (Wildman–Crippen MR) is 79.3 cm³/mol. The summed E-state index contributed by atoms with van der Waals surface area (Å²) in [6.45, 7) is -3.27. The van der Waals surface area contributed by atoms with Crippen LogP contribution in [-0.4, -0.2) is 37.6 Å². The number of urea groups is 1. The molecule has 2 N–H and O–H groups in total. The van der Waals surface area contributed by atoms with Crippen LogP contribution in [0.15, 0.2) is 18.2 Å². The topological polar surface area (TPSA) is 59.6 Å². The summed E-state index contributed by atoms with van der Waals surface area (Å²) in [4.78, 5) is 11.8. The smallest absolute Gasteiger partial charge is 0.422 e. The molecule has 2 amide bonds. The maximum absolute atomic E-state index is 12.3. The molecule has 0 aromatic heterocycles. The number of amides is 2. The highest BCUT2D eigenvalue weighted by Crippen LogP contribution is 2.29. The van der Waals surface area contributed by atoms with Crippen LogP contribution in [0.25, 0.3) is 0 Å². The van der Waals surface area contributed by atoms with Crippen molar-refractivity contribution >= 4 is 11.7 Å². The molecule has 1 saturated carbocycles. The second-order valence-corrected chi connectivity index (χ2v) is 5.73. The Bertz CT molecular complexity index is 593. The SMILES string of the molecule is O=C(Nc1cc(OCC(F)(F)F)cc(OCC(F)(F)F)c1)NC1CCC1. The van der Waals surface area contributed by atoms with Crippen molar-refractivity contribution in [3.8, 4) is 11.5 Å².